The lowest BCUT2D eigenvalue weighted by atomic mass is 11.4. The van der Waals surface area contributed by atoms with Crippen LogP contribution in [-0.2, 0) is 9.13 Å². The van der Waals surface area contributed by atoms with E-state index in [0.717, 1.165) is 0 Å². The maximum absolute atomic E-state index is 10.6. The van der Waals surface area contributed by atoms with Gasteiger partial charge in [0.15, 0.2) is 0 Å². The zero-order valence-corrected chi connectivity index (χ0v) is 9.46. The van der Waals surface area contributed by atoms with Crippen molar-refractivity contribution in [3.63, 3.8) is 0 Å². The molecule has 0 amide bonds. The number of hydrogen-bond acceptors (Lipinski definition) is 5. The highest BCUT2D eigenvalue weighted by Gasteiger charge is 2.40. The summed E-state index contributed by atoms with van der Waals surface area (Å²) in [5, 5.41) is 2.90. The molecule has 0 aliphatic rings. The van der Waals surface area contributed by atoms with Crippen LogP contribution in [0.5, 0.6) is 0 Å². The molecule has 2 N–H and O–H groups in total. The van der Waals surface area contributed by atoms with Crippen molar-refractivity contribution in [1.29, 1.82) is 0 Å². The van der Waals surface area contributed by atoms with E-state index < -0.39 is 26.3 Å². The smallest absolute Gasteiger partial charge is 0.160 e. The van der Waals surface area contributed by atoms with Crippen LogP contribution in [0.4, 0.5) is 0 Å². The Morgan fingerprint density at radius 3 is 1.60 bits per heavy atom. The Morgan fingerprint density at radius 1 is 1.07 bits per heavy atom. The summed E-state index contributed by atoms with van der Waals surface area (Å²) < 4.78 is 21.2. The van der Waals surface area contributed by atoms with Crippen molar-refractivity contribution in [2.24, 2.45) is 10.2 Å². The Labute approximate surface area is 88.7 Å². The summed E-state index contributed by atoms with van der Waals surface area (Å²) in [6, 6.07) is 0. The van der Waals surface area contributed by atoms with E-state index in [1.165, 1.54) is 0 Å². The van der Waals surface area contributed by atoms with Crippen LogP contribution >= 0.6 is 27.8 Å². The molecule has 0 aliphatic heterocycles. The highest BCUT2D eigenvalue weighted by Crippen LogP contribution is 2.43. The summed E-state index contributed by atoms with van der Waals surface area (Å²) in [7, 11) is -5.74. The fourth-order valence-corrected chi connectivity index (χ4v) is 2.94. The molecule has 0 bridgehead atoms. The molecule has 0 aromatic carbocycles. The molecule has 0 aliphatic carbocycles. The molecule has 4 unspecified atom stereocenters. The highest BCUT2D eigenvalue weighted by atomic mass is 32.2. The van der Waals surface area contributed by atoms with Crippen molar-refractivity contribution < 1.29 is 18.9 Å². The predicted octanol–water partition coefficient (Wildman–Crippen LogP) is 2.38. The Balaban J connectivity index is 4.75. The summed E-state index contributed by atoms with van der Waals surface area (Å²) in [4.78, 5) is 21.9. The zero-order valence-electron chi connectivity index (χ0n) is 6.85. The van der Waals surface area contributed by atoms with Gasteiger partial charge in [-0.1, -0.05) is 0 Å². The van der Waals surface area contributed by atoms with Crippen LogP contribution in [0.1, 0.15) is 0 Å². The number of nitrogens with zero attached hydrogens (tertiary/aromatic N) is 6. The maximum Gasteiger partial charge on any atom is 0.526 e. The number of rotatable bonds is 6. The number of thioether (sulfide) groups is 1. The molecule has 0 heterocycles. The molecule has 0 radical (unpaired) electrons. The van der Waals surface area contributed by atoms with Gasteiger partial charge in [0.25, 0.3) is 0 Å². The van der Waals surface area contributed by atoms with E-state index in [-0.39, 0.29) is 0 Å². The van der Waals surface area contributed by atoms with Crippen molar-refractivity contribution in [2.75, 3.05) is 0 Å². The van der Waals surface area contributed by atoms with E-state index in [2.05, 4.69) is 20.1 Å². The van der Waals surface area contributed by atoms with Gasteiger partial charge in [0.2, 0.25) is 0 Å². The van der Waals surface area contributed by atoms with Crippen LogP contribution in [0.25, 0.3) is 20.9 Å². The van der Waals surface area contributed by atoms with Gasteiger partial charge in [-0.3, -0.25) is 0 Å². The van der Waals surface area contributed by atoms with Gasteiger partial charge in [0, 0.05) is 9.82 Å². The van der Waals surface area contributed by atoms with Crippen LogP contribution in [-0.4, -0.2) is 20.0 Å². The lowest BCUT2D eigenvalue weighted by molar-refractivity contribution is 0.500. The number of azide groups is 2. The summed E-state index contributed by atoms with van der Waals surface area (Å²) in [5.74, 6) is 0. The van der Waals surface area contributed by atoms with Crippen molar-refractivity contribution in [3.05, 3.63) is 20.9 Å². The van der Waals surface area contributed by atoms with E-state index in [4.69, 9.17) is 20.8 Å². The number of hydrogen-bond donors (Lipinski definition) is 2. The molecule has 10 nitrogen and oxygen atoms in total. The van der Waals surface area contributed by atoms with Crippen molar-refractivity contribution in [3.8, 4) is 0 Å². The molecule has 0 fully saturated rings. The molecule has 13 heteroatoms. The summed E-state index contributed by atoms with van der Waals surface area (Å²) in [6.45, 7) is 0. The predicted molar refractivity (Wildman–Crippen MR) is 53.1 cm³/mol. The van der Waals surface area contributed by atoms with Gasteiger partial charge in [-0.2, -0.15) is 9.79 Å². The standard InChI is InChI=1S/C2H2N6O4P2S/c3-7-5-1(13(9)10)15-2(6-8-4)14(11)12/h1-2H/p+2. The van der Waals surface area contributed by atoms with E-state index in [9.17, 15) is 9.13 Å². The van der Waals surface area contributed by atoms with E-state index in [1.807, 2.05) is 0 Å². The van der Waals surface area contributed by atoms with Crippen LogP contribution < -0.4 is 0 Å². The van der Waals surface area contributed by atoms with Crippen molar-refractivity contribution in [2.45, 2.75) is 10.2 Å². The Hall–Kier alpha value is -0.910. The van der Waals surface area contributed by atoms with Crippen molar-refractivity contribution in [1.82, 2.24) is 0 Å². The van der Waals surface area contributed by atoms with Gasteiger partial charge in [0.1, 0.15) is 0 Å². The average Bonchev–Trinajstić information content (AvgIpc) is 2.15. The molecule has 0 rings (SSSR count). The largest absolute Gasteiger partial charge is 0.526 e. The first-order chi connectivity index (χ1) is 7.02. The molecule has 0 saturated carbocycles. The molecule has 4 atom stereocenters. The summed E-state index contributed by atoms with van der Waals surface area (Å²) in [6.07, 6.45) is 0. The quantitative estimate of drug-likeness (QED) is 0.325. The molecular formula is C2H4N6O4P2S+2. The summed E-state index contributed by atoms with van der Waals surface area (Å²) >= 11 is 0.347. The minimum absolute atomic E-state index is 0.347. The Morgan fingerprint density at radius 2 is 1.40 bits per heavy atom. The lowest BCUT2D eigenvalue weighted by Gasteiger charge is -1.95. The van der Waals surface area contributed by atoms with Crippen LogP contribution in [0.3, 0.4) is 0 Å². The van der Waals surface area contributed by atoms with Crippen LogP contribution in [0.15, 0.2) is 10.2 Å². The third-order valence-corrected chi connectivity index (χ3v) is 4.37. The van der Waals surface area contributed by atoms with Gasteiger partial charge < -0.3 is 0 Å². The van der Waals surface area contributed by atoms with Gasteiger partial charge in [-0.05, 0) is 42.2 Å². The minimum Gasteiger partial charge on any atom is -0.160 e. The van der Waals surface area contributed by atoms with Crippen LogP contribution in [0, 0.1) is 0 Å². The molecule has 0 saturated heterocycles. The Bertz CT molecular complexity index is 324. The maximum atomic E-state index is 10.6. The van der Waals surface area contributed by atoms with Gasteiger partial charge >= 0.3 is 26.3 Å². The molecule has 80 valence electrons. The molecular weight excluding hydrogens is 266 g/mol. The third kappa shape index (κ3) is 5.51. The molecule has 0 aromatic heterocycles. The lowest BCUT2D eigenvalue weighted by Crippen LogP contribution is -1.98. The van der Waals surface area contributed by atoms with Gasteiger partial charge in [0.05, 0.1) is 0 Å². The first-order valence-corrected chi connectivity index (χ1v) is 6.58. The first kappa shape index (κ1) is 14.1. The minimum atomic E-state index is -2.87. The highest BCUT2D eigenvalue weighted by molar-refractivity contribution is 8.08. The second kappa shape index (κ2) is 7.39. The van der Waals surface area contributed by atoms with Gasteiger partial charge in [-0.15, -0.1) is 0 Å². The topological polar surface area (TPSA) is 172 Å². The van der Waals surface area contributed by atoms with Crippen LogP contribution in [0.2, 0.25) is 0 Å². The molecule has 15 heavy (non-hydrogen) atoms. The molecule has 0 spiro atoms. The normalized spacial score (nSPS) is 15.3. The second-order valence-corrected chi connectivity index (χ2v) is 5.86. The fraction of sp³-hybridized carbons (Fsp3) is 1.00. The third-order valence-electron chi connectivity index (χ3n) is 0.922. The first-order valence-electron chi connectivity index (χ1n) is 3.07. The fourth-order valence-electron chi connectivity index (χ4n) is 0.444. The van der Waals surface area contributed by atoms with Crippen molar-refractivity contribution >= 4 is 27.8 Å². The SMILES string of the molecule is [N-]=[N+]=NC(SC(N=[N+]=[N-])[P+](=O)O)[P+](=O)O. The van der Waals surface area contributed by atoms with E-state index in [1.54, 1.807) is 0 Å². The molecule has 0 aromatic rings. The average molecular weight is 270 g/mol. The van der Waals surface area contributed by atoms with E-state index in [0.29, 0.717) is 11.8 Å². The second-order valence-electron chi connectivity index (χ2n) is 1.80. The zero-order chi connectivity index (χ0) is 11.8. The Kier molecular flexibility index (Phi) is 6.94. The monoisotopic (exact) mass is 270 g/mol. The summed E-state index contributed by atoms with van der Waals surface area (Å²) in [5.41, 5.74) is 16.1. The van der Waals surface area contributed by atoms with E-state index >= 15 is 0 Å². The van der Waals surface area contributed by atoms with Gasteiger partial charge in [-0.25, -0.2) is 0 Å².